The van der Waals surface area contributed by atoms with E-state index in [4.69, 9.17) is 37.6 Å². The van der Waals surface area contributed by atoms with Crippen LogP contribution < -0.4 is 24.9 Å². The van der Waals surface area contributed by atoms with Gasteiger partial charge in [-0.05, 0) is 43.2 Å². The Kier molecular flexibility index (Phi) is 19.3. The summed E-state index contributed by atoms with van der Waals surface area (Å²) in [7, 11) is 0. The molecule has 23 heteroatoms. The van der Waals surface area contributed by atoms with Gasteiger partial charge in [-0.3, -0.25) is 38.4 Å². The predicted octanol–water partition coefficient (Wildman–Crippen LogP) is 2.51. The van der Waals surface area contributed by atoms with E-state index in [1.54, 1.807) is 31.2 Å². The zero-order valence-electron chi connectivity index (χ0n) is 35.1. The Morgan fingerprint density at radius 3 is 1.64 bits per heavy atom. The lowest BCUT2D eigenvalue weighted by molar-refractivity contribution is -0.167. The number of thioether (sulfide) groups is 1. The third-order valence-corrected chi connectivity index (χ3v) is 9.40. The summed E-state index contributed by atoms with van der Waals surface area (Å²) >= 11 is 1.48. The fraction of sp³-hybridized carbons (Fsp3) is 0.390. The highest BCUT2D eigenvalue weighted by atomic mass is 32.2. The van der Waals surface area contributed by atoms with E-state index < -0.39 is 101 Å². The summed E-state index contributed by atoms with van der Waals surface area (Å²) in [6.45, 7) is -0.536. The quantitative estimate of drug-likeness (QED) is 0.0295. The van der Waals surface area contributed by atoms with Gasteiger partial charge in [-0.2, -0.15) is 0 Å². The maximum atomic E-state index is 13.2. The fourth-order valence-corrected chi connectivity index (χ4v) is 6.49. The van der Waals surface area contributed by atoms with Crippen LogP contribution in [-0.2, 0) is 76.3 Å². The van der Waals surface area contributed by atoms with Gasteiger partial charge >= 0.3 is 47.4 Å². The molecule has 344 valence electrons. The first kappa shape index (κ1) is 49.4. The van der Waals surface area contributed by atoms with Crippen LogP contribution in [0, 0.1) is 6.92 Å². The number of carbonyl (C=O) groups excluding carboxylic acids is 8. The van der Waals surface area contributed by atoms with Crippen molar-refractivity contribution in [2.24, 2.45) is 0 Å². The molecule has 3 aromatic rings. The molecule has 0 spiro atoms. The van der Waals surface area contributed by atoms with E-state index in [9.17, 15) is 43.2 Å². The van der Waals surface area contributed by atoms with E-state index in [1.807, 2.05) is 6.08 Å². The molecular formula is C41H44N2O20S. The van der Waals surface area contributed by atoms with Gasteiger partial charge in [0.1, 0.15) is 56.5 Å². The number of fused-ring (bicyclic) bond motifs is 1. The van der Waals surface area contributed by atoms with Gasteiger partial charge in [-0.25, -0.2) is 4.79 Å². The monoisotopic (exact) mass is 916 g/mol. The summed E-state index contributed by atoms with van der Waals surface area (Å²) in [5, 5.41) is 0.403. The minimum absolute atomic E-state index is 0.0255. The summed E-state index contributed by atoms with van der Waals surface area (Å²) < 4.78 is 56.4. The van der Waals surface area contributed by atoms with Crippen molar-refractivity contribution in [3.63, 3.8) is 0 Å². The maximum Gasteiger partial charge on any atom is 0.344 e. The van der Waals surface area contributed by atoms with Crippen LogP contribution in [0.5, 0.6) is 11.5 Å². The minimum atomic E-state index is -0.965. The zero-order valence-corrected chi connectivity index (χ0v) is 35.9. The van der Waals surface area contributed by atoms with Gasteiger partial charge in [0.25, 0.3) is 6.47 Å². The van der Waals surface area contributed by atoms with Crippen LogP contribution >= 0.6 is 11.8 Å². The molecule has 0 amide bonds. The van der Waals surface area contributed by atoms with Crippen LogP contribution in [0.2, 0.25) is 0 Å². The van der Waals surface area contributed by atoms with Gasteiger partial charge in [-0.1, -0.05) is 12.1 Å². The highest BCUT2D eigenvalue weighted by Gasteiger charge is 2.25. The standard InChI is InChI=1S/C41H44N2O20S/c1-25-7-8-31(42(16-38(49)60-22-56-26(2)45)17-39(50)61-23-57-27(3)46)34(12-25)54-9-10-55-35-14-29-13-30(36-6-5-11-64-36)41(52)63-33(29)15-32(35)43(18-37(48)59-21-53-20-44)19-40(51)62-24-58-28(4)47/h6-8,12-15,20H,5,9-11,16-19,21-24H2,1-4H3. The molecule has 0 radical (unpaired) electrons. The van der Waals surface area contributed by atoms with Crippen LogP contribution in [0.25, 0.3) is 15.9 Å². The zero-order chi connectivity index (χ0) is 46.6. The molecule has 0 atom stereocenters. The lowest BCUT2D eigenvalue weighted by atomic mass is 10.1. The summed E-state index contributed by atoms with van der Waals surface area (Å²) in [5.41, 5.74) is 0.663. The lowest BCUT2D eigenvalue weighted by Crippen LogP contribution is -2.37. The molecule has 0 aliphatic carbocycles. The Morgan fingerprint density at radius 2 is 1.16 bits per heavy atom. The fourth-order valence-electron chi connectivity index (χ4n) is 5.50. The SMILES string of the molecule is CC(=O)OCOC(=O)CN(CC(=O)OCOC=O)c1cc2oc(=O)c(C3=CCCS3)cc2cc1OCCOc1cc(C)ccc1N(CC(=O)OCOC(C)=O)CC(=O)OCOC(C)=O. The van der Waals surface area contributed by atoms with E-state index in [2.05, 4.69) is 14.2 Å². The van der Waals surface area contributed by atoms with Crippen molar-refractivity contribution in [1.82, 2.24) is 0 Å². The normalized spacial score (nSPS) is 11.6. The minimum Gasteiger partial charge on any atom is -0.488 e. The Bertz CT molecular complexity index is 2260. The molecular weight excluding hydrogens is 873 g/mol. The highest BCUT2D eigenvalue weighted by molar-refractivity contribution is 8.08. The average molecular weight is 917 g/mol. The van der Waals surface area contributed by atoms with Crippen molar-refractivity contribution in [2.45, 2.75) is 34.1 Å². The summed E-state index contributed by atoms with van der Waals surface area (Å²) in [5.74, 6) is -4.85. The topological polar surface area (TPSA) is 266 Å². The second kappa shape index (κ2) is 25.0. The second-order valence-corrected chi connectivity index (χ2v) is 14.2. The van der Waals surface area contributed by atoms with Gasteiger partial charge in [0, 0.05) is 42.9 Å². The van der Waals surface area contributed by atoms with Crippen LogP contribution in [0.1, 0.15) is 38.3 Å². The summed E-state index contributed by atoms with van der Waals surface area (Å²) in [4.78, 5) is 112. The van der Waals surface area contributed by atoms with Crippen molar-refractivity contribution < 1.29 is 90.1 Å². The van der Waals surface area contributed by atoms with E-state index in [0.717, 1.165) is 42.7 Å². The number of carbonyl (C=O) groups is 8. The molecule has 0 unspecified atom stereocenters. The molecule has 0 saturated heterocycles. The third kappa shape index (κ3) is 16.2. The number of nitrogens with zero attached hydrogens (tertiary/aromatic N) is 2. The van der Waals surface area contributed by atoms with Crippen molar-refractivity contribution in [3.05, 3.63) is 64.0 Å². The van der Waals surface area contributed by atoms with E-state index in [1.165, 1.54) is 28.8 Å². The number of hydrogen-bond acceptors (Lipinski definition) is 23. The van der Waals surface area contributed by atoms with Gasteiger partial charge in [0.15, 0.2) is 0 Å². The predicted molar refractivity (Wildman–Crippen MR) is 220 cm³/mol. The van der Waals surface area contributed by atoms with Gasteiger partial charge in [-0.15, -0.1) is 11.8 Å². The number of rotatable bonds is 25. The van der Waals surface area contributed by atoms with Gasteiger partial charge in [0.05, 0.1) is 16.9 Å². The highest BCUT2D eigenvalue weighted by Crippen LogP contribution is 2.37. The number of aryl methyl sites for hydroxylation is 1. The molecule has 1 aromatic heterocycles. The van der Waals surface area contributed by atoms with Crippen LogP contribution in [0.4, 0.5) is 11.4 Å². The number of esters is 7. The Morgan fingerprint density at radius 1 is 0.656 bits per heavy atom. The first-order valence-corrected chi connectivity index (χ1v) is 20.0. The number of ether oxygens (including phenoxy) is 10. The van der Waals surface area contributed by atoms with Crippen molar-refractivity contribution in [1.29, 1.82) is 0 Å². The van der Waals surface area contributed by atoms with E-state index >= 15 is 0 Å². The number of benzene rings is 2. The Hall–Kier alpha value is -7.30. The molecule has 2 aromatic carbocycles. The number of anilines is 2. The molecule has 0 bridgehead atoms. The third-order valence-electron chi connectivity index (χ3n) is 8.26. The lowest BCUT2D eigenvalue weighted by Gasteiger charge is -2.26. The van der Waals surface area contributed by atoms with Crippen LogP contribution in [0.3, 0.4) is 0 Å². The van der Waals surface area contributed by atoms with E-state index in [0.29, 0.717) is 16.5 Å². The van der Waals surface area contributed by atoms with Crippen LogP contribution in [-0.4, -0.2) is 121 Å². The van der Waals surface area contributed by atoms with Crippen molar-refractivity contribution >= 4 is 87.3 Å². The second-order valence-electron chi connectivity index (χ2n) is 13.1. The van der Waals surface area contributed by atoms with Crippen molar-refractivity contribution in [3.8, 4) is 11.5 Å². The molecule has 22 nitrogen and oxygen atoms in total. The molecule has 0 N–H and O–H groups in total. The first-order valence-electron chi connectivity index (χ1n) is 19.0. The smallest absolute Gasteiger partial charge is 0.344 e. The molecule has 2 heterocycles. The number of allylic oxidation sites excluding steroid dienone is 1. The molecule has 4 rings (SSSR count). The molecule has 1 aliphatic rings. The van der Waals surface area contributed by atoms with Gasteiger partial charge in [0.2, 0.25) is 27.2 Å². The van der Waals surface area contributed by atoms with E-state index in [-0.39, 0.29) is 48.1 Å². The summed E-state index contributed by atoms with van der Waals surface area (Å²) in [6, 6.07) is 9.34. The largest absolute Gasteiger partial charge is 0.488 e. The van der Waals surface area contributed by atoms with Crippen molar-refractivity contribution in [2.75, 3.05) is 82.1 Å². The molecule has 0 fully saturated rings. The number of hydrogen-bond donors (Lipinski definition) is 0. The summed E-state index contributed by atoms with van der Waals surface area (Å²) in [6.07, 6.45) is 2.66. The molecule has 64 heavy (non-hydrogen) atoms. The molecule has 1 aliphatic heterocycles. The Labute approximate surface area is 368 Å². The van der Waals surface area contributed by atoms with Crippen LogP contribution in [0.15, 0.2) is 51.7 Å². The first-order chi connectivity index (χ1) is 30.6. The van der Waals surface area contributed by atoms with Gasteiger partial charge < -0.3 is 61.6 Å². The average Bonchev–Trinajstić information content (AvgIpc) is 3.76. The Balaban J connectivity index is 1.66. The maximum absolute atomic E-state index is 13.2. The molecule has 0 saturated carbocycles.